The predicted molar refractivity (Wildman–Crippen MR) is 51.7 cm³/mol. The van der Waals surface area contributed by atoms with Gasteiger partial charge in [0.05, 0.1) is 6.10 Å². The quantitative estimate of drug-likeness (QED) is 0.718. The molecule has 0 saturated carbocycles. The number of rotatable bonds is 4. The standard InChI is InChI=1S/C11H14O2/c1-2-3-11(13)10-6-4-9(8-12)5-7-10/h4-8,11,13H,2-3H2,1H3. The summed E-state index contributed by atoms with van der Waals surface area (Å²) in [6.07, 6.45) is 2.12. The molecule has 2 heteroatoms. The highest BCUT2D eigenvalue weighted by atomic mass is 16.3. The van der Waals surface area contributed by atoms with Crippen LogP contribution in [-0.2, 0) is 0 Å². The van der Waals surface area contributed by atoms with Crippen molar-refractivity contribution >= 4 is 6.29 Å². The van der Waals surface area contributed by atoms with Gasteiger partial charge in [0.15, 0.2) is 0 Å². The number of aliphatic hydroxyl groups excluding tert-OH is 1. The summed E-state index contributed by atoms with van der Waals surface area (Å²) in [7, 11) is 0. The Bertz CT molecular complexity index is 264. The lowest BCUT2D eigenvalue weighted by atomic mass is 10.0. The molecule has 0 aliphatic rings. The third kappa shape index (κ3) is 2.67. The summed E-state index contributed by atoms with van der Waals surface area (Å²) in [5.74, 6) is 0. The Morgan fingerprint density at radius 3 is 2.46 bits per heavy atom. The van der Waals surface area contributed by atoms with E-state index in [1.165, 1.54) is 0 Å². The zero-order chi connectivity index (χ0) is 9.68. The average Bonchev–Trinajstić information content (AvgIpc) is 2.18. The first kappa shape index (κ1) is 9.93. The Balaban J connectivity index is 2.73. The van der Waals surface area contributed by atoms with Gasteiger partial charge in [0, 0.05) is 5.56 Å². The summed E-state index contributed by atoms with van der Waals surface area (Å²) in [6.45, 7) is 2.03. The lowest BCUT2D eigenvalue weighted by Crippen LogP contribution is -1.96. The van der Waals surface area contributed by atoms with Gasteiger partial charge >= 0.3 is 0 Å². The molecule has 0 spiro atoms. The fourth-order valence-corrected chi connectivity index (χ4v) is 1.24. The molecular weight excluding hydrogens is 164 g/mol. The Kier molecular flexibility index (Phi) is 3.65. The van der Waals surface area contributed by atoms with E-state index in [4.69, 9.17) is 0 Å². The minimum atomic E-state index is -0.397. The highest BCUT2D eigenvalue weighted by Crippen LogP contribution is 2.17. The monoisotopic (exact) mass is 178 g/mol. The number of aldehydes is 1. The molecule has 70 valence electrons. The topological polar surface area (TPSA) is 37.3 Å². The summed E-state index contributed by atoms with van der Waals surface area (Å²) in [5.41, 5.74) is 1.53. The van der Waals surface area contributed by atoms with Gasteiger partial charge in [-0.1, -0.05) is 37.6 Å². The molecule has 13 heavy (non-hydrogen) atoms. The second-order valence-corrected chi connectivity index (χ2v) is 3.09. The van der Waals surface area contributed by atoms with Crippen molar-refractivity contribution in [1.29, 1.82) is 0 Å². The Hall–Kier alpha value is -1.15. The second-order valence-electron chi connectivity index (χ2n) is 3.09. The van der Waals surface area contributed by atoms with Crippen LogP contribution in [0.15, 0.2) is 24.3 Å². The number of hydrogen-bond acceptors (Lipinski definition) is 2. The lowest BCUT2D eigenvalue weighted by Gasteiger charge is -2.08. The first-order valence-corrected chi connectivity index (χ1v) is 4.51. The third-order valence-electron chi connectivity index (χ3n) is 2.02. The van der Waals surface area contributed by atoms with Crippen molar-refractivity contribution in [2.45, 2.75) is 25.9 Å². The maximum Gasteiger partial charge on any atom is 0.150 e. The van der Waals surface area contributed by atoms with Crippen LogP contribution in [0.2, 0.25) is 0 Å². The van der Waals surface area contributed by atoms with Crippen molar-refractivity contribution in [3.8, 4) is 0 Å². The van der Waals surface area contributed by atoms with Crippen molar-refractivity contribution in [2.75, 3.05) is 0 Å². The zero-order valence-electron chi connectivity index (χ0n) is 7.73. The number of benzene rings is 1. The third-order valence-corrected chi connectivity index (χ3v) is 2.02. The number of carbonyl (C=O) groups is 1. The van der Waals surface area contributed by atoms with Crippen LogP contribution in [0.25, 0.3) is 0 Å². The molecule has 0 saturated heterocycles. The summed E-state index contributed by atoms with van der Waals surface area (Å²) in [6, 6.07) is 7.04. The zero-order valence-corrected chi connectivity index (χ0v) is 7.73. The normalized spacial score (nSPS) is 12.5. The first-order chi connectivity index (χ1) is 6.27. The molecule has 1 unspecified atom stereocenters. The number of hydrogen-bond donors (Lipinski definition) is 1. The van der Waals surface area contributed by atoms with E-state index in [2.05, 4.69) is 0 Å². The fourth-order valence-electron chi connectivity index (χ4n) is 1.24. The van der Waals surface area contributed by atoms with Crippen molar-refractivity contribution < 1.29 is 9.90 Å². The highest BCUT2D eigenvalue weighted by molar-refractivity contribution is 5.74. The van der Waals surface area contributed by atoms with Gasteiger partial charge in [0.1, 0.15) is 6.29 Å². The first-order valence-electron chi connectivity index (χ1n) is 4.51. The molecule has 0 heterocycles. The van der Waals surface area contributed by atoms with Crippen LogP contribution in [-0.4, -0.2) is 11.4 Å². The van der Waals surface area contributed by atoms with Gasteiger partial charge in [-0.05, 0) is 12.0 Å². The molecule has 0 aliphatic heterocycles. The maximum atomic E-state index is 10.4. The van der Waals surface area contributed by atoms with Crippen LogP contribution in [0.5, 0.6) is 0 Å². The minimum absolute atomic E-state index is 0.397. The van der Waals surface area contributed by atoms with Crippen LogP contribution < -0.4 is 0 Å². The van der Waals surface area contributed by atoms with Gasteiger partial charge in [0.25, 0.3) is 0 Å². The van der Waals surface area contributed by atoms with Crippen LogP contribution >= 0.6 is 0 Å². The molecule has 1 N–H and O–H groups in total. The smallest absolute Gasteiger partial charge is 0.150 e. The molecule has 1 aromatic rings. The Morgan fingerprint density at radius 1 is 1.38 bits per heavy atom. The summed E-state index contributed by atoms with van der Waals surface area (Å²) in [4.78, 5) is 10.4. The van der Waals surface area contributed by atoms with E-state index in [0.29, 0.717) is 5.56 Å². The van der Waals surface area contributed by atoms with Gasteiger partial charge in [-0.2, -0.15) is 0 Å². The van der Waals surface area contributed by atoms with Crippen LogP contribution in [0.3, 0.4) is 0 Å². The molecule has 0 aliphatic carbocycles. The molecule has 1 atom stereocenters. The van der Waals surface area contributed by atoms with E-state index >= 15 is 0 Å². The summed E-state index contributed by atoms with van der Waals surface area (Å²) >= 11 is 0. The molecule has 0 aromatic heterocycles. The molecule has 1 aromatic carbocycles. The molecule has 1 rings (SSSR count). The van der Waals surface area contributed by atoms with E-state index in [-0.39, 0.29) is 0 Å². The van der Waals surface area contributed by atoms with Crippen LogP contribution in [0, 0.1) is 0 Å². The van der Waals surface area contributed by atoms with Gasteiger partial charge in [-0.25, -0.2) is 0 Å². The lowest BCUT2D eigenvalue weighted by molar-refractivity contribution is 0.112. The molecule has 2 nitrogen and oxygen atoms in total. The van der Waals surface area contributed by atoms with Crippen molar-refractivity contribution in [2.24, 2.45) is 0 Å². The molecule has 0 radical (unpaired) electrons. The number of carbonyl (C=O) groups excluding carboxylic acids is 1. The second kappa shape index (κ2) is 4.77. The molecule has 0 bridgehead atoms. The molecule has 0 fully saturated rings. The van der Waals surface area contributed by atoms with E-state index in [9.17, 15) is 9.90 Å². The SMILES string of the molecule is CCCC(O)c1ccc(C=O)cc1. The van der Waals surface area contributed by atoms with Crippen molar-refractivity contribution in [1.82, 2.24) is 0 Å². The molecule has 0 amide bonds. The van der Waals surface area contributed by atoms with E-state index < -0.39 is 6.10 Å². The predicted octanol–water partition coefficient (Wildman–Crippen LogP) is 2.33. The minimum Gasteiger partial charge on any atom is -0.388 e. The Morgan fingerprint density at radius 2 is 2.00 bits per heavy atom. The van der Waals surface area contributed by atoms with Crippen molar-refractivity contribution in [3.63, 3.8) is 0 Å². The van der Waals surface area contributed by atoms with Gasteiger partial charge < -0.3 is 5.11 Å². The largest absolute Gasteiger partial charge is 0.388 e. The molecular formula is C11H14O2. The van der Waals surface area contributed by atoms with E-state index in [0.717, 1.165) is 24.7 Å². The van der Waals surface area contributed by atoms with Gasteiger partial charge in [-0.3, -0.25) is 4.79 Å². The highest BCUT2D eigenvalue weighted by Gasteiger charge is 2.04. The maximum absolute atomic E-state index is 10.4. The summed E-state index contributed by atoms with van der Waals surface area (Å²) in [5, 5.41) is 9.60. The average molecular weight is 178 g/mol. The van der Waals surface area contributed by atoms with Gasteiger partial charge in [-0.15, -0.1) is 0 Å². The van der Waals surface area contributed by atoms with E-state index in [1.54, 1.807) is 24.3 Å². The van der Waals surface area contributed by atoms with Gasteiger partial charge in [0.2, 0.25) is 0 Å². The number of aliphatic hydroxyl groups is 1. The Labute approximate surface area is 78.2 Å². The van der Waals surface area contributed by atoms with E-state index in [1.807, 2.05) is 6.92 Å². The van der Waals surface area contributed by atoms with Crippen molar-refractivity contribution in [3.05, 3.63) is 35.4 Å². The van der Waals surface area contributed by atoms with Crippen LogP contribution in [0.1, 0.15) is 41.8 Å². The fraction of sp³-hybridized carbons (Fsp3) is 0.364. The van der Waals surface area contributed by atoms with Crippen LogP contribution in [0.4, 0.5) is 0 Å². The summed E-state index contributed by atoms with van der Waals surface area (Å²) < 4.78 is 0.